The van der Waals surface area contributed by atoms with Crippen LogP contribution in [0.3, 0.4) is 0 Å². The summed E-state index contributed by atoms with van der Waals surface area (Å²) in [5, 5.41) is 1.07. The quantitative estimate of drug-likeness (QED) is 0.386. The Morgan fingerprint density at radius 3 is 2.82 bits per heavy atom. The first kappa shape index (κ1) is 20.9. The Kier molecular flexibility index (Phi) is 7.53. The average molecular weight is 421 g/mol. The molecule has 0 bridgehead atoms. The van der Waals surface area contributed by atoms with Gasteiger partial charge in [0.15, 0.2) is 5.16 Å². The first-order chi connectivity index (χ1) is 13.6. The molecule has 0 N–H and O–H groups in total. The summed E-state index contributed by atoms with van der Waals surface area (Å²) in [6, 6.07) is 9.52. The summed E-state index contributed by atoms with van der Waals surface area (Å²) >= 11 is 7.69. The standard InChI is InChI=1S/C20H25ClN4O2S/c1-3-7-24(2)18-13-17(21)22-20(23-18)28-14-15-5-4-6-16(12-15)19(26)25-8-10-27-11-9-25/h4-6,12-13H,3,7-11,14H2,1-2H3. The van der Waals surface area contributed by atoms with Crippen LogP contribution in [0.4, 0.5) is 5.82 Å². The molecule has 1 saturated heterocycles. The molecule has 0 atom stereocenters. The summed E-state index contributed by atoms with van der Waals surface area (Å²) in [4.78, 5) is 25.5. The van der Waals surface area contributed by atoms with Crippen molar-refractivity contribution in [2.24, 2.45) is 0 Å². The van der Waals surface area contributed by atoms with Gasteiger partial charge in [0.05, 0.1) is 13.2 Å². The monoisotopic (exact) mass is 420 g/mol. The van der Waals surface area contributed by atoms with Crippen molar-refractivity contribution in [3.05, 3.63) is 46.6 Å². The van der Waals surface area contributed by atoms with Gasteiger partial charge < -0.3 is 14.5 Å². The van der Waals surface area contributed by atoms with E-state index in [1.54, 1.807) is 6.07 Å². The van der Waals surface area contributed by atoms with Crippen molar-refractivity contribution in [1.82, 2.24) is 14.9 Å². The Morgan fingerprint density at radius 1 is 1.29 bits per heavy atom. The van der Waals surface area contributed by atoms with E-state index in [1.807, 2.05) is 36.2 Å². The first-order valence-corrected chi connectivity index (χ1v) is 10.8. The second-order valence-corrected chi connectivity index (χ2v) is 7.98. The lowest BCUT2D eigenvalue weighted by Crippen LogP contribution is -2.40. The number of hydrogen-bond donors (Lipinski definition) is 0. The van der Waals surface area contributed by atoms with Crippen LogP contribution in [-0.2, 0) is 10.5 Å². The van der Waals surface area contributed by atoms with Gasteiger partial charge in [0, 0.05) is 44.1 Å². The number of benzene rings is 1. The molecule has 150 valence electrons. The maximum atomic E-state index is 12.7. The van der Waals surface area contributed by atoms with E-state index in [0.29, 0.717) is 47.9 Å². The summed E-state index contributed by atoms with van der Waals surface area (Å²) in [5.74, 6) is 1.54. The van der Waals surface area contributed by atoms with Crippen LogP contribution in [-0.4, -0.2) is 60.7 Å². The van der Waals surface area contributed by atoms with E-state index in [-0.39, 0.29) is 5.91 Å². The first-order valence-electron chi connectivity index (χ1n) is 9.41. The van der Waals surface area contributed by atoms with E-state index in [9.17, 15) is 4.79 Å². The molecule has 1 amide bonds. The molecule has 1 aromatic heterocycles. The number of carbonyl (C=O) groups excluding carboxylic acids is 1. The number of amides is 1. The van der Waals surface area contributed by atoms with E-state index in [2.05, 4.69) is 21.8 Å². The van der Waals surface area contributed by atoms with Gasteiger partial charge in [-0.3, -0.25) is 4.79 Å². The molecule has 1 fully saturated rings. The number of rotatable bonds is 7. The molecule has 8 heteroatoms. The van der Waals surface area contributed by atoms with Crippen LogP contribution < -0.4 is 4.90 Å². The van der Waals surface area contributed by atoms with Gasteiger partial charge in [-0.1, -0.05) is 42.4 Å². The molecule has 0 radical (unpaired) electrons. The number of nitrogens with zero attached hydrogens (tertiary/aromatic N) is 4. The molecule has 2 heterocycles. The van der Waals surface area contributed by atoms with Crippen molar-refractivity contribution in [3.8, 4) is 0 Å². The average Bonchev–Trinajstić information content (AvgIpc) is 2.72. The van der Waals surface area contributed by atoms with Gasteiger partial charge in [0.2, 0.25) is 0 Å². The molecule has 6 nitrogen and oxygen atoms in total. The van der Waals surface area contributed by atoms with Crippen molar-refractivity contribution in [2.75, 3.05) is 44.8 Å². The number of morpholine rings is 1. The zero-order valence-electron chi connectivity index (χ0n) is 16.2. The molecule has 2 aromatic rings. The minimum absolute atomic E-state index is 0.0534. The normalized spacial score (nSPS) is 14.2. The predicted octanol–water partition coefficient (Wildman–Crippen LogP) is 3.74. The smallest absolute Gasteiger partial charge is 0.254 e. The van der Waals surface area contributed by atoms with Crippen molar-refractivity contribution >= 4 is 35.1 Å². The van der Waals surface area contributed by atoms with Crippen molar-refractivity contribution in [1.29, 1.82) is 0 Å². The van der Waals surface area contributed by atoms with Crippen molar-refractivity contribution in [2.45, 2.75) is 24.3 Å². The van der Waals surface area contributed by atoms with E-state index in [1.165, 1.54) is 11.8 Å². The molecular formula is C20H25ClN4O2S. The molecule has 28 heavy (non-hydrogen) atoms. The minimum Gasteiger partial charge on any atom is -0.378 e. The largest absolute Gasteiger partial charge is 0.378 e. The topological polar surface area (TPSA) is 58.6 Å². The second kappa shape index (κ2) is 10.1. The van der Waals surface area contributed by atoms with Crippen LogP contribution >= 0.6 is 23.4 Å². The van der Waals surface area contributed by atoms with Gasteiger partial charge in [-0.15, -0.1) is 0 Å². The minimum atomic E-state index is 0.0534. The highest BCUT2D eigenvalue weighted by molar-refractivity contribution is 7.98. The Balaban J connectivity index is 1.67. The number of aromatic nitrogens is 2. The van der Waals surface area contributed by atoms with Crippen LogP contribution in [0.2, 0.25) is 5.15 Å². The fraction of sp³-hybridized carbons (Fsp3) is 0.450. The molecule has 0 unspecified atom stereocenters. The fourth-order valence-electron chi connectivity index (χ4n) is 2.99. The summed E-state index contributed by atoms with van der Waals surface area (Å²) in [6.45, 7) is 5.51. The Morgan fingerprint density at radius 2 is 2.07 bits per heavy atom. The lowest BCUT2D eigenvalue weighted by atomic mass is 10.1. The zero-order chi connectivity index (χ0) is 19.9. The molecule has 0 aliphatic carbocycles. The number of halogens is 1. The molecular weight excluding hydrogens is 396 g/mol. The summed E-state index contributed by atoms with van der Waals surface area (Å²) in [5.41, 5.74) is 1.76. The Bertz CT molecular complexity index is 815. The number of hydrogen-bond acceptors (Lipinski definition) is 6. The lowest BCUT2D eigenvalue weighted by molar-refractivity contribution is 0.0303. The summed E-state index contributed by atoms with van der Waals surface area (Å²) in [7, 11) is 2.00. The third kappa shape index (κ3) is 5.59. The maximum Gasteiger partial charge on any atom is 0.254 e. The highest BCUT2D eigenvalue weighted by Crippen LogP contribution is 2.25. The SMILES string of the molecule is CCCN(C)c1cc(Cl)nc(SCc2cccc(C(=O)N3CCOCC3)c2)n1. The predicted molar refractivity (Wildman–Crippen MR) is 113 cm³/mol. The summed E-state index contributed by atoms with van der Waals surface area (Å²) < 4.78 is 5.32. The Hall–Kier alpha value is -1.83. The maximum absolute atomic E-state index is 12.7. The van der Waals surface area contributed by atoms with E-state index in [0.717, 1.165) is 24.3 Å². The number of ether oxygens (including phenoxy) is 1. The van der Waals surface area contributed by atoms with Gasteiger partial charge in [-0.05, 0) is 24.1 Å². The Labute approximate surface area is 175 Å². The number of thioether (sulfide) groups is 1. The van der Waals surface area contributed by atoms with E-state index >= 15 is 0 Å². The number of anilines is 1. The second-order valence-electron chi connectivity index (χ2n) is 6.65. The van der Waals surface area contributed by atoms with E-state index < -0.39 is 0 Å². The highest BCUT2D eigenvalue weighted by Gasteiger charge is 2.18. The van der Waals surface area contributed by atoms with Gasteiger partial charge in [0.25, 0.3) is 5.91 Å². The van der Waals surface area contributed by atoms with Gasteiger partial charge in [-0.2, -0.15) is 0 Å². The van der Waals surface area contributed by atoms with Crippen LogP contribution in [0.25, 0.3) is 0 Å². The molecule has 1 aliphatic rings. The molecule has 1 aliphatic heterocycles. The fourth-order valence-corrected chi connectivity index (χ4v) is 4.01. The highest BCUT2D eigenvalue weighted by atomic mass is 35.5. The molecule has 0 saturated carbocycles. The van der Waals surface area contributed by atoms with Crippen LogP contribution in [0.15, 0.2) is 35.5 Å². The zero-order valence-corrected chi connectivity index (χ0v) is 17.8. The van der Waals surface area contributed by atoms with Crippen LogP contribution in [0.1, 0.15) is 29.3 Å². The molecule has 3 rings (SSSR count). The third-order valence-electron chi connectivity index (χ3n) is 4.45. The lowest BCUT2D eigenvalue weighted by Gasteiger charge is -2.27. The van der Waals surface area contributed by atoms with E-state index in [4.69, 9.17) is 16.3 Å². The molecule has 0 spiro atoms. The van der Waals surface area contributed by atoms with Crippen LogP contribution in [0.5, 0.6) is 0 Å². The van der Waals surface area contributed by atoms with Crippen molar-refractivity contribution in [3.63, 3.8) is 0 Å². The van der Waals surface area contributed by atoms with Crippen LogP contribution in [0, 0.1) is 0 Å². The summed E-state index contributed by atoms with van der Waals surface area (Å²) in [6.07, 6.45) is 1.03. The van der Waals surface area contributed by atoms with Crippen molar-refractivity contribution < 1.29 is 9.53 Å². The molecule has 1 aromatic carbocycles. The van der Waals surface area contributed by atoms with Gasteiger partial charge in [-0.25, -0.2) is 9.97 Å². The van der Waals surface area contributed by atoms with Gasteiger partial charge in [0.1, 0.15) is 11.0 Å². The third-order valence-corrected chi connectivity index (χ3v) is 5.56. The number of carbonyl (C=O) groups is 1. The van der Waals surface area contributed by atoms with Gasteiger partial charge >= 0.3 is 0 Å².